The molecule has 0 unspecified atom stereocenters. The Balaban J connectivity index is 1.97. The Hall–Kier alpha value is -3.99. The smallest absolute Gasteiger partial charge is 0.265 e. The first-order chi connectivity index (χ1) is 16.2. The maximum atomic E-state index is 13.3. The van der Waals surface area contributed by atoms with E-state index < -0.39 is 10.0 Å². The Bertz CT molecular complexity index is 1330. The average molecular weight is 488 g/mol. The third-order valence-corrected chi connectivity index (χ3v) is 6.13. The van der Waals surface area contributed by atoms with E-state index in [2.05, 4.69) is 15.2 Å². The summed E-state index contributed by atoms with van der Waals surface area (Å²) >= 11 is 0. The van der Waals surface area contributed by atoms with Crippen LogP contribution in [0.25, 0.3) is 12.2 Å². The molecule has 0 aliphatic rings. The van der Waals surface area contributed by atoms with Gasteiger partial charge in [0.1, 0.15) is 33.5 Å². The van der Waals surface area contributed by atoms with Crippen LogP contribution in [-0.4, -0.2) is 40.8 Å². The number of anilines is 2. The number of hydrogen-bond donors (Lipinski definition) is 2. The third-order valence-electron chi connectivity index (χ3n) is 4.75. The molecule has 180 valence electrons. The van der Waals surface area contributed by atoms with Crippen LogP contribution in [0.1, 0.15) is 23.9 Å². The summed E-state index contributed by atoms with van der Waals surface area (Å²) in [6.45, 7) is 3.08. The number of nitrogens with zero attached hydrogens (tertiary/aromatic N) is 1. The molecule has 0 fully saturated rings. The van der Waals surface area contributed by atoms with E-state index in [1.165, 1.54) is 46.5 Å². The zero-order valence-corrected chi connectivity index (χ0v) is 20.1. The second-order valence-electron chi connectivity index (χ2n) is 7.10. The number of aryl methyl sites for hydroxylation is 1. The summed E-state index contributed by atoms with van der Waals surface area (Å²) in [6, 6.07) is 9.44. The molecular weight excluding hydrogens is 462 g/mol. The number of carbonyl (C=O) groups is 1. The van der Waals surface area contributed by atoms with Crippen molar-refractivity contribution < 1.29 is 31.9 Å². The fourth-order valence-electron chi connectivity index (χ4n) is 3.10. The molecule has 3 aromatic rings. The van der Waals surface area contributed by atoms with Gasteiger partial charge in [0, 0.05) is 13.0 Å². The summed E-state index contributed by atoms with van der Waals surface area (Å²) in [7, 11) is 0.221. The van der Waals surface area contributed by atoms with Gasteiger partial charge < -0.3 is 24.1 Å². The van der Waals surface area contributed by atoms with E-state index >= 15 is 0 Å². The number of methoxy groups -OCH3 is 3. The van der Waals surface area contributed by atoms with Gasteiger partial charge in [-0.2, -0.15) is 0 Å². The highest BCUT2D eigenvalue weighted by molar-refractivity contribution is 7.92. The monoisotopic (exact) mass is 487 g/mol. The molecule has 34 heavy (non-hydrogen) atoms. The molecule has 3 rings (SSSR count). The van der Waals surface area contributed by atoms with Crippen molar-refractivity contribution >= 4 is 39.5 Å². The van der Waals surface area contributed by atoms with Gasteiger partial charge >= 0.3 is 0 Å². The van der Waals surface area contributed by atoms with Crippen molar-refractivity contribution in [3.63, 3.8) is 0 Å². The molecule has 0 atom stereocenters. The van der Waals surface area contributed by atoms with Crippen molar-refractivity contribution in [1.82, 2.24) is 5.16 Å². The second-order valence-corrected chi connectivity index (χ2v) is 8.75. The molecule has 0 aliphatic heterocycles. The first-order valence-corrected chi connectivity index (χ1v) is 11.5. The van der Waals surface area contributed by atoms with E-state index in [-0.39, 0.29) is 22.2 Å². The Kier molecular flexibility index (Phi) is 7.47. The molecule has 1 amide bonds. The molecule has 0 radical (unpaired) electrons. The summed E-state index contributed by atoms with van der Waals surface area (Å²) in [5.74, 6) is 0.996. The van der Waals surface area contributed by atoms with Crippen molar-refractivity contribution in [3.8, 4) is 17.2 Å². The highest BCUT2D eigenvalue weighted by Gasteiger charge is 2.22. The van der Waals surface area contributed by atoms with Crippen LogP contribution in [0.15, 0.2) is 45.8 Å². The van der Waals surface area contributed by atoms with Gasteiger partial charge in [-0.25, -0.2) is 8.42 Å². The lowest BCUT2D eigenvalue weighted by Gasteiger charge is -2.15. The molecule has 1 heterocycles. The van der Waals surface area contributed by atoms with Crippen LogP contribution in [0.5, 0.6) is 17.2 Å². The van der Waals surface area contributed by atoms with Crippen molar-refractivity contribution in [1.29, 1.82) is 0 Å². The summed E-state index contributed by atoms with van der Waals surface area (Å²) in [4.78, 5) is 11.4. The van der Waals surface area contributed by atoms with E-state index in [1.54, 1.807) is 37.3 Å². The van der Waals surface area contributed by atoms with Gasteiger partial charge in [-0.1, -0.05) is 17.3 Å². The molecular formula is C23H25N3O7S. The Labute approximate surface area is 197 Å². The highest BCUT2D eigenvalue weighted by Crippen LogP contribution is 2.33. The van der Waals surface area contributed by atoms with Crippen molar-refractivity contribution in [3.05, 3.63) is 53.4 Å². The second kappa shape index (κ2) is 10.3. The SMILES string of the molecule is COc1ccc(OC)c(NS(=O)(=O)c2cc(C=Cc3onc(C)c3NC(C)=O)ccc2OC)c1. The van der Waals surface area contributed by atoms with E-state index in [0.717, 1.165) is 0 Å². The van der Waals surface area contributed by atoms with E-state index in [1.807, 2.05) is 0 Å². The lowest BCUT2D eigenvalue weighted by atomic mass is 10.2. The number of aromatic nitrogens is 1. The van der Waals surface area contributed by atoms with Gasteiger partial charge in [0.05, 0.1) is 27.0 Å². The lowest BCUT2D eigenvalue weighted by molar-refractivity contribution is -0.114. The van der Waals surface area contributed by atoms with E-state index in [4.69, 9.17) is 18.7 Å². The molecule has 10 nitrogen and oxygen atoms in total. The lowest BCUT2D eigenvalue weighted by Crippen LogP contribution is -2.15. The van der Waals surface area contributed by atoms with Crippen LogP contribution in [0, 0.1) is 6.92 Å². The first kappa shape index (κ1) is 24.6. The fourth-order valence-corrected chi connectivity index (χ4v) is 4.37. The molecule has 0 aliphatic carbocycles. The average Bonchev–Trinajstić information content (AvgIpc) is 3.15. The van der Waals surface area contributed by atoms with Gasteiger partial charge in [-0.15, -0.1) is 0 Å². The number of carbonyl (C=O) groups excluding carboxylic acids is 1. The molecule has 11 heteroatoms. The van der Waals surface area contributed by atoms with Crippen LogP contribution in [0.2, 0.25) is 0 Å². The number of rotatable bonds is 9. The Morgan fingerprint density at radius 2 is 1.71 bits per heavy atom. The van der Waals surface area contributed by atoms with Crippen LogP contribution >= 0.6 is 0 Å². The molecule has 0 spiro atoms. The number of amides is 1. The first-order valence-electron chi connectivity index (χ1n) is 10.0. The predicted octanol–water partition coefficient (Wildman–Crippen LogP) is 3.94. The van der Waals surface area contributed by atoms with Crippen LogP contribution in [-0.2, 0) is 14.8 Å². The molecule has 0 saturated carbocycles. The van der Waals surface area contributed by atoms with Crippen molar-refractivity contribution in [2.75, 3.05) is 31.4 Å². The normalized spacial score (nSPS) is 11.3. The summed E-state index contributed by atoms with van der Waals surface area (Å²) in [5, 5.41) is 6.52. The largest absolute Gasteiger partial charge is 0.497 e. The number of benzene rings is 2. The quantitative estimate of drug-likeness (QED) is 0.464. The molecule has 0 saturated heterocycles. The summed E-state index contributed by atoms with van der Waals surface area (Å²) in [5.41, 5.74) is 1.71. The maximum Gasteiger partial charge on any atom is 0.265 e. The molecule has 2 N–H and O–H groups in total. The van der Waals surface area contributed by atoms with E-state index in [9.17, 15) is 13.2 Å². The Morgan fingerprint density at radius 1 is 1.00 bits per heavy atom. The number of ether oxygens (including phenoxy) is 3. The Morgan fingerprint density at radius 3 is 2.35 bits per heavy atom. The molecule has 0 bridgehead atoms. The zero-order chi connectivity index (χ0) is 24.9. The minimum Gasteiger partial charge on any atom is -0.497 e. The van der Waals surface area contributed by atoms with Crippen LogP contribution < -0.4 is 24.2 Å². The fraction of sp³-hybridized carbons (Fsp3) is 0.217. The highest BCUT2D eigenvalue weighted by atomic mass is 32.2. The molecule has 1 aromatic heterocycles. The van der Waals surface area contributed by atoms with E-state index in [0.29, 0.717) is 34.2 Å². The predicted molar refractivity (Wildman–Crippen MR) is 128 cm³/mol. The summed E-state index contributed by atoms with van der Waals surface area (Å²) in [6.07, 6.45) is 3.22. The van der Waals surface area contributed by atoms with Gasteiger partial charge in [0.25, 0.3) is 10.0 Å². The van der Waals surface area contributed by atoms with Gasteiger partial charge in [0.15, 0.2) is 5.76 Å². The number of sulfonamides is 1. The number of hydrogen-bond acceptors (Lipinski definition) is 8. The van der Waals surface area contributed by atoms with Crippen molar-refractivity contribution in [2.45, 2.75) is 18.7 Å². The third kappa shape index (κ3) is 5.49. The minimum atomic E-state index is -4.08. The summed E-state index contributed by atoms with van der Waals surface area (Å²) < 4.78 is 50.0. The topological polar surface area (TPSA) is 129 Å². The standard InChI is InChI=1S/C23H25N3O7S/c1-14-23(24-15(2)27)21(33-25-14)10-7-16-6-9-20(32-5)22(12-16)34(28,29)26-18-13-17(30-3)8-11-19(18)31-4/h6-13,26H,1-5H3,(H,24,27). The van der Waals surface area contributed by atoms with Gasteiger partial charge in [0.2, 0.25) is 5.91 Å². The molecule has 2 aromatic carbocycles. The van der Waals surface area contributed by atoms with Crippen LogP contribution in [0.4, 0.5) is 11.4 Å². The number of nitrogens with one attached hydrogen (secondary N) is 2. The zero-order valence-electron chi connectivity index (χ0n) is 19.3. The van der Waals surface area contributed by atoms with Crippen LogP contribution in [0.3, 0.4) is 0 Å². The van der Waals surface area contributed by atoms with Gasteiger partial charge in [-0.3, -0.25) is 9.52 Å². The van der Waals surface area contributed by atoms with Gasteiger partial charge in [-0.05, 0) is 42.8 Å². The minimum absolute atomic E-state index is 0.0853. The van der Waals surface area contributed by atoms with Crippen molar-refractivity contribution in [2.24, 2.45) is 0 Å². The maximum absolute atomic E-state index is 13.3.